The molecular formula is C17H15BrFN5O. The third-order valence-electron chi connectivity index (χ3n) is 3.59. The van der Waals surface area contributed by atoms with E-state index in [1.54, 1.807) is 24.1 Å². The molecule has 0 fully saturated rings. The van der Waals surface area contributed by atoms with Gasteiger partial charge in [0.25, 0.3) is 0 Å². The van der Waals surface area contributed by atoms with Crippen molar-refractivity contribution in [2.45, 2.75) is 13.1 Å². The number of amides is 1. The second-order valence-corrected chi connectivity index (χ2v) is 6.44. The van der Waals surface area contributed by atoms with Gasteiger partial charge in [-0.1, -0.05) is 28.1 Å². The number of hydrogen-bond acceptors (Lipinski definition) is 4. The van der Waals surface area contributed by atoms with Crippen LogP contribution in [-0.2, 0) is 17.9 Å². The molecule has 0 saturated heterocycles. The molecule has 1 heterocycles. The number of carbonyl (C=O) groups is 1. The van der Waals surface area contributed by atoms with Crippen molar-refractivity contribution >= 4 is 21.8 Å². The molecule has 0 atom stereocenters. The van der Waals surface area contributed by atoms with Crippen LogP contribution in [0.25, 0.3) is 11.4 Å². The lowest BCUT2D eigenvalue weighted by Crippen LogP contribution is -2.30. The Balaban J connectivity index is 1.62. The molecule has 0 aliphatic rings. The Labute approximate surface area is 152 Å². The molecule has 0 bridgehead atoms. The maximum Gasteiger partial charge on any atom is 0.246 e. The normalized spacial score (nSPS) is 10.7. The molecule has 3 aromatic rings. The Morgan fingerprint density at radius 1 is 1.16 bits per heavy atom. The van der Waals surface area contributed by atoms with Crippen molar-refractivity contribution < 1.29 is 9.18 Å². The first-order valence-corrected chi connectivity index (χ1v) is 8.33. The zero-order valence-electron chi connectivity index (χ0n) is 13.4. The Bertz CT molecular complexity index is 864. The van der Waals surface area contributed by atoms with Crippen LogP contribution in [0, 0.1) is 5.82 Å². The van der Waals surface area contributed by atoms with E-state index in [4.69, 9.17) is 0 Å². The van der Waals surface area contributed by atoms with E-state index in [0.29, 0.717) is 17.9 Å². The minimum atomic E-state index is -0.333. The van der Waals surface area contributed by atoms with Crippen molar-refractivity contribution in [3.63, 3.8) is 0 Å². The number of carbonyl (C=O) groups excluding carboxylic acids is 1. The quantitative estimate of drug-likeness (QED) is 0.656. The molecule has 0 N–H and O–H groups in total. The van der Waals surface area contributed by atoms with Crippen LogP contribution in [0.3, 0.4) is 0 Å². The Hall–Kier alpha value is -2.61. The van der Waals surface area contributed by atoms with Gasteiger partial charge in [0, 0.05) is 23.6 Å². The molecule has 128 valence electrons. The zero-order chi connectivity index (χ0) is 17.8. The van der Waals surface area contributed by atoms with E-state index in [9.17, 15) is 9.18 Å². The molecule has 0 unspecified atom stereocenters. The van der Waals surface area contributed by atoms with Crippen molar-refractivity contribution in [1.82, 2.24) is 25.1 Å². The van der Waals surface area contributed by atoms with Crippen LogP contribution in [0.4, 0.5) is 4.39 Å². The molecule has 6 nitrogen and oxygen atoms in total. The summed E-state index contributed by atoms with van der Waals surface area (Å²) in [6.07, 6.45) is 0. The number of aromatic nitrogens is 4. The molecule has 0 saturated carbocycles. The van der Waals surface area contributed by atoms with Crippen LogP contribution in [0.15, 0.2) is 53.0 Å². The number of likely N-dealkylation sites (N-methyl/N-ethyl adjacent to an activating group) is 1. The van der Waals surface area contributed by atoms with Gasteiger partial charge in [-0.05, 0) is 47.2 Å². The lowest BCUT2D eigenvalue weighted by Gasteiger charge is -2.16. The summed E-state index contributed by atoms with van der Waals surface area (Å²) in [5, 5.41) is 12.0. The summed E-state index contributed by atoms with van der Waals surface area (Å²) < 4.78 is 13.9. The molecule has 3 rings (SSSR count). The Morgan fingerprint density at radius 2 is 1.84 bits per heavy atom. The predicted molar refractivity (Wildman–Crippen MR) is 93.8 cm³/mol. The van der Waals surface area contributed by atoms with Crippen molar-refractivity contribution in [2.24, 2.45) is 0 Å². The molecule has 1 aromatic heterocycles. The maximum absolute atomic E-state index is 13.0. The van der Waals surface area contributed by atoms with Crippen LogP contribution in [0.2, 0.25) is 0 Å². The smallest absolute Gasteiger partial charge is 0.246 e. The highest BCUT2D eigenvalue weighted by Crippen LogP contribution is 2.14. The van der Waals surface area contributed by atoms with Crippen molar-refractivity contribution in [3.05, 3.63) is 64.4 Å². The van der Waals surface area contributed by atoms with Crippen LogP contribution in [-0.4, -0.2) is 38.1 Å². The van der Waals surface area contributed by atoms with Gasteiger partial charge in [0.2, 0.25) is 11.7 Å². The number of halogens is 2. The molecule has 2 aromatic carbocycles. The fourth-order valence-electron chi connectivity index (χ4n) is 2.22. The van der Waals surface area contributed by atoms with Crippen LogP contribution in [0.5, 0.6) is 0 Å². The van der Waals surface area contributed by atoms with Gasteiger partial charge in [0.05, 0.1) is 0 Å². The second kappa shape index (κ2) is 7.52. The standard InChI is InChI=1S/C17H15BrFN5O/c1-23(10-12-2-6-14(18)7-3-12)16(25)11-24-21-17(20-22-24)13-4-8-15(19)9-5-13/h2-9H,10-11H2,1H3. The lowest BCUT2D eigenvalue weighted by molar-refractivity contribution is -0.131. The summed E-state index contributed by atoms with van der Waals surface area (Å²) in [6, 6.07) is 13.6. The molecule has 0 radical (unpaired) electrons. The maximum atomic E-state index is 13.0. The highest BCUT2D eigenvalue weighted by atomic mass is 79.9. The lowest BCUT2D eigenvalue weighted by atomic mass is 10.2. The first-order chi connectivity index (χ1) is 12.0. The Kier molecular flexibility index (Phi) is 5.18. The summed E-state index contributed by atoms with van der Waals surface area (Å²) >= 11 is 3.38. The van der Waals surface area contributed by atoms with Gasteiger partial charge in [0.15, 0.2) is 0 Å². The van der Waals surface area contributed by atoms with E-state index in [2.05, 4.69) is 31.3 Å². The van der Waals surface area contributed by atoms with Gasteiger partial charge in [-0.25, -0.2) is 4.39 Å². The van der Waals surface area contributed by atoms with Crippen LogP contribution in [0.1, 0.15) is 5.56 Å². The summed E-state index contributed by atoms with van der Waals surface area (Å²) in [5.41, 5.74) is 1.67. The summed E-state index contributed by atoms with van der Waals surface area (Å²) in [5.74, 6) is -0.116. The van der Waals surface area contributed by atoms with Gasteiger partial charge < -0.3 is 4.90 Å². The molecule has 0 aliphatic carbocycles. The SMILES string of the molecule is CN(Cc1ccc(Br)cc1)C(=O)Cn1nnc(-c2ccc(F)cc2)n1. The van der Waals surface area contributed by atoms with E-state index in [1.165, 1.54) is 16.9 Å². The third-order valence-corrected chi connectivity index (χ3v) is 4.12. The predicted octanol–water partition coefficient (Wildman–Crippen LogP) is 2.90. The monoisotopic (exact) mass is 403 g/mol. The minimum absolute atomic E-state index is 0.0127. The van der Waals surface area contributed by atoms with E-state index in [-0.39, 0.29) is 18.3 Å². The minimum Gasteiger partial charge on any atom is -0.340 e. The molecule has 0 spiro atoms. The summed E-state index contributed by atoms with van der Waals surface area (Å²) in [7, 11) is 1.72. The number of tetrazole rings is 1. The number of benzene rings is 2. The van der Waals surface area contributed by atoms with E-state index >= 15 is 0 Å². The van der Waals surface area contributed by atoms with E-state index in [0.717, 1.165) is 10.0 Å². The largest absolute Gasteiger partial charge is 0.340 e. The van der Waals surface area contributed by atoms with Crippen molar-refractivity contribution in [3.8, 4) is 11.4 Å². The van der Waals surface area contributed by atoms with Gasteiger partial charge in [-0.3, -0.25) is 4.79 Å². The fourth-order valence-corrected chi connectivity index (χ4v) is 2.48. The number of nitrogens with zero attached hydrogens (tertiary/aromatic N) is 5. The van der Waals surface area contributed by atoms with Crippen molar-refractivity contribution in [2.75, 3.05) is 7.05 Å². The molecule has 8 heteroatoms. The fraction of sp³-hybridized carbons (Fsp3) is 0.176. The van der Waals surface area contributed by atoms with E-state index < -0.39 is 0 Å². The average Bonchev–Trinajstić information content (AvgIpc) is 3.06. The second-order valence-electron chi connectivity index (χ2n) is 5.53. The number of hydrogen-bond donors (Lipinski definition) is 0. The highest BCUT2D eigenvalue weighted by Gasteiger charge is 2.13. The van der Waals surface area contributed by atoms with Gasteiger partial charge in [-0.15, -0.1) is 10.2 Å². The third kappa shape index (κ3) is 4.48. The molecule has 1 amide bonds. The van der Waals surface area contributed by atoms with Gasteiger partial charge in [-0.2, -0.15) is 4.80 Å². The Morgan fingerprint density at radius 3 is 2.52 bits per heavy atom. The molecular weight excluding hydrogens is 389 g/mol. The summed E-state index contributed by atoms with van der Waals surface area (Å²) in [6.45, 7) is 0.479. The van der Waals surface area contributed by atoms with E-state index in [1.807, 2.05) is 24.3 Å². The highest BCUT2D eigenvalue weighted by molar-refractivity contribution is 9.10. The molecule has 25 heavy (non-hydrogen) atoms. The van der Waals surface area contributed by atoms with Crippen LogP contribution >= 0.6 is 15.9 Å². The van der Waals surface area contributed by atoms with Crippen molar-refractivity contribution in [1.29, 1.82) is 0 Å². The number of rotatable bonds is 5. The van der Waals surface area contributed by atoms with Crippen LogP contribution < -0.4 is 0 Å². The van der Waals surface area contributed by atoms with Gasteiger partial charge in [0.1, 0.15) is 12.4 Å². The summed E-state index contributed by atoms with van der Waals surface area (Å²) in [4.78, 5) is 15.1. The molecule has 0 aliphatic heterocycles. The van der Waals surface area contributed by atoms with Gasteiger partial charge >= 0.3 is 0 Å². The average molecular weight is 404 g/mol. The first kappa shape index (κ1) is 17.2. The topological polar surface area (TPSA) is 63.9 Å². The first-order valence-electron chi connectivity index (χ1n) is 7.53. The zero-order valence-corrected chi connectivity index (χ0v) is 15.0.